The molecule has 3 heteroatoms. The van der Waals surface area contributed by atoms with Crippen molar-refractivity contribution in [2.24, 2.45) is 11.8 Å². The van der Waals surface area contributed by atoms with Crippen molar-refractivity contribution in [3.63, 3.8) is 0 Å². The van der Waals surface area contributed by atoms with Crippen molar-refractivity contribution >= 4 is 5.97 Å². The zero-order chi connectivity index (χ0) is 13.8. The van der Waals surface area contributed by atoms with Crippen molar-refractivity contribution < 1.29 is 9.90 Å². The Labute approximate surface area is 115 Å². The summed E-state index contributed by atoms with van der Waals surface area (Å²) in [5, 5.41) is 8.95. The molecule has 1 aromatic rings. The second-order valence-electron chi connectivity index (χ2n) is 5.87. The number of carboxylic acid groups (broad SMARTS) is 1. The lowest BCUT2D eigenvalue weighted by Crippen LogP contribution is -2.22. The van der Waals surface area contributed by atoms with E-state index in [1.54, 1.807) is 0 Å². The summed E-state index contributed by atoms with van der Waals surface area (Å²) in [6.45, 7) is 7.72. The van der Waals surface area contributed by atoms with Crippen molar-refractivity contribution in [2.45, 2.75) is 33.2 Å². The van der Waals surface area contributed by atoms with Crippen LogP contribution in [0.25, 0.3) is 0 Å². The maximum absolute atomic E-state index is 10.9. The molecule has 0 amide bonds. The molecule has 1 saturated heterocycles. The number of likely N-dealkylation sites (tertiary alicyclic amines) is 1. The highest BCUT2D eigenvalue weighted by atomic mass is 16.4. The second-order valence-corrected chi connectivity index (χ2v) is 5.87. The van der Waals surface area contributed by atoms with Crippen molar-refractivity contribution in [1.82, 2.24) is 4.90 Å². The van der Waals surface area contributed by atoms with Crippen molar-refractivity contribution in [2.75, 3.05) is 13.1 Å². The summed E-state index contributed by atoms with van der Waals surface area (Å²) in [6, 6.07) is 7.90. The van der Waals surface area contributed by atoms with Crippen LogP contribution in [0, 0.1) is 11.8 Å². The highest BCUT2D eigenvalue weighted by Crippen LogP contribution is 2.25. The van der Waals surface area contributed by atoms with Gasteiger partial charge in [-0.2, -0.15) is 0 Å². The van der Waals surface area contributed by atoms with Crippen molar-refractivity contribution in [1.29, 1.82) is 0 Å². The van der Waals surface area contributed by atoms with Crippen molar-refractivity contribution in [3.8, 4) is 0 Å². The Hall–Kier alpha value is -1.35. The van der Waals surface area contributed by atoms with Gasteiger partial charge in [-0.3, -0.25) is 9.69 Å². The molecule has 1 unspecified atom stereocenters. The molecule has 2 rings (SSSR count). The maximum atomic E-state index is 10.9. The Balaban J connectivity index is 2.01. The topological polar surface area (TPSA) is 40.5 Å². The average Bonchev–Trinajstić information content (AvgIpc) is 2.80. The lowest BCUT2D eigenvalue weighted by molar-refractivity contribution is -0.136. The van der Waals surface area contributed by atoms with Crippen LogP contribution in [0.3, 0.4) is 0 Å². The van der Waals surface area contributed by atoms with Gasteiger partial charge in [0.05, 0.1) is 6.42 Å². The van der Waals surface area contributed by atoms with Crippen LogP contribution in [0.5, 0.6) is 0 Å². The normalized spacial score (nSPS) is 20.1. The summed E-state index contributed by atoms with van der Waals surface area (Å²) in [5.41, 5.74) is 2.11. The smallest absolute Gasteiger partial charge is 0.307 e. The molecule has 1 atom stereocenters. The lowest BCUT2D eigenvalue weighted by atomic mass is 9.95. The van der Waals surface area contributed by atoms with Gasteiger partial charge in [-0.05, 0) is 35.9 Å². The third kappa shape index (κ3) is 3.80. The van der Waals surface area contributed by atoms with Crippen LogP contribution in [0.2, 0.25) is 0 Å². The molecule has 1 aliphatic heterocycles. The Morgan fingerprint density at radius 1 is 1.37 bits per heavy atom. The molecule has 0 spiro atoms. The summed E-state index contributed by atoms with van der Waals surface area (Å²) >= 11 is 0. The van der Waals surface area contributed by atoms with E-state index >= 15 is 0 Å². The van der Waals surface area contributed by atoms with Crippen LogP contribution in [0.15, 0.2) is 24.3 Å². The number of hydrogen-bond acceptors (Lipinski definition) is 2. The molecule has 0 saturated carbocycles. The molecule has 0 radical (unpaired) electrons. The first-order valence-electron chi connectivity index (χ1n) is 7.07. The van der Waals surface area contributed by atoms with E-state index in [0.29, 0.717) is 0 Å². The van der Waals surface area contributed by atoms with Crippen LogP contribution < -0.4 is 0 Å². The van der Waals surface area contributed by atoms with Crippen LogP contribution >= 0.6 is 0 Å². The monoisotopic (exact) mass is 261 g/mol. The first-order valence-corrected chi connectivity index (χ1v) is 7.07. The molecule has 1 aromatic carbocycles. The number of carboxylic acids is 1. The molecular formula is C16H23NO2. The van der Waals surface area contributed by atoms with Gasteiger partial charge in [-0.25, -0.2) is 0 Å². The summed E-state index contributed by atoms with van der Waals surface area (Å²) in [4.78, 5) is 13.3. The Kier molecular flexibility index (Phi) is 4.59. The molecule has 1 aliphatic rings. The zero-order valence-corrected chi connectivity index (χ0v) is 11.8. The number of carbonyl (C=O) groups is 1. The van der Waals surface area contributed by atoms with E-state index < -0.39 is 5.97 Å². The van der Waals surface area contributed by atoms with Crippen LogP contribution in [-0.4, -0.2) is 29.1 Å². The molecule has 3 nitrogen and oxygen atoms in total. The van der Waals surface area contributed by atoms with Gasteiger partial charge < -0.3 is 5.11 Å². The quantitative estimate of drug-likeness (QED) is 0.886. The van der Waals surface area contributed by atoms with Gasteiger partial charge in [-0.15, -0.1) is 0 Å². The summed E-state index contributed by atoms with van der Waals surface area (Å²) in [6.07, 6.45) is 1.39. The number of aliphatic carboxylic acids is 1. The number of hydrogen-bond donors (Lipinski definition) is 1. The van der Waals surface area contributed by atoms with E-state index in [9.17, 15) is 4.79 Å². The molecule has 1 fully saturated rings. The number of rotatable bonds is 5. The van der Waals surface area contributed by atoms with E-state index in [-0.39, 0.29) is 6.42 Å². The average molecular weight is 261 g/mol. The van der Waals surface area contributed by atoms with E-state index in [1.807, 2.05) is 18.2 Å². The van der Waals surface area contributed by atoms with Gasteiger partial charge in [0.1, 0.15) is 0 Å². The highest BCUT2D eigenvalue weighted by molar-refractivity contribution is 5.70. The minimum Gasteiger partial charge on any atom is -0.481 e. The highest BCUT2D eigenvalue weighted by Gasteiger charge is 2.25. The number of nitrogens with zero attached hydrogens (tertiary/aromatic N) is 1. The summed E-state index contributed by atoms with van der Waals surface area (Å²) in [7, 11) is 0. The van der Waals surface area contributed by atoms with Gasteiger partial charge in [-0.1, -0.05) is 38.1 Å². The largest absolute Gasteiger partial charge is 0.481 e. The number of benzene rings is 1. The van der Waals surface area contributed by atoms with Gasteiger partial charge in [0, 0.05) is 13.1 Å². The van der Waals surface area contributed by atoms with E-state index in [4.69, 9.17) is 5.11 Å². The Morgan fingerprint density at radius 2 is 2.05 bits per heavy atom. The molecule has 0 bridgehead atoms. The predicted octanol–water partition coefficient (Wildman–Crippen LogP) is 2.79. The molecule has 0 aromatic heterocycles. The molecule has 104 valence electrons. The molecule has 1 N–H and O–H groups in total. The fourth-order valence-electron chi connectivity index (χ4n) is 2.84. The molecule has 0 aliphatic carbocycles. The van der Waals surface area contributed by atoms with Gasteiger partial charge in [0.2, 0.25) is 0 Å². The van der Waals surface area contributed by atoms with Gasteiger partial charge in [0.25, 0.3) is 0 Å². The predicted molar refractivity (Wildman–Crippen MR) is 76.0 cm³/mol. The standard InChI is InChI=1S/C16H23NO2/c1-12(2)14-7-8-17(10-14)11-15-6-4-3-5-13(15)9-16(18)19/h3-6,12,14H,7-11H2,1-2H3,(H,18,19). The Morgan fingerprint density at radius 3 is 2.63 bits per heavy atom. The van der Waals surface area contributed by atoms with E-state index in [2.05, 4.69) is 24.8 Å². The fraction of sp³-hybridized carbons (Fsp3) is 0.562. The fourth-order valence-corrected chi connectivity index (χ4v) is 2.84. The third-order valence-corrected chi connectivity index (χ3v) is 4.11. The van der Waals surface area contributed by atoms with Crippen molar-refractivity contribution in [3.05, 3.63) is 35.4 Å². The van der Waals surface area contributed by atoms with E-state index in [0.717, 1.165) is 42.6 Å². The van der Waals surface area contributed by atoms with Crippen LogP contribution in [-0.2, 0) is 17.8 Å². The van der Waals surface area contributed by atoms with Gasteiger partial charge >= 0.3 is 5.97 Å². The Bertz CT molecular complexity index is 442. The molecular weight excluding hydrogens is 238 g/mol. The molecule has 1 heterocycles. The molecule has 19 heavy (non-hydrogen) atoms. The van der Waals surface area contributed by atoms with Crippen LogP contribution in [0.4, 0.5) is 0 Å². The minimum atomic E-state index is -0.756. The lowest BCUT2D eigenvalue weighted by Gasteiger charge is -2.19. The maximum Gasteiger partial charge on any atom is 0.307 e. The minimum absolute atomic E-state index is 0.123. The zero-order valence-electron chi connectivity index (χ0n) is 11.8. The first-order chi connectivity index (χ1) is 9.06. The summed E-state index contributed by atoms with van der Waals surface area (Å²) < 4.78 is 0. The third-order valence-electron chi connectivity index (χ3n) is 4.11. The van der Waals surface area contributed by atoms with Gasteiger partial charge in [0.15, 0.2) is 0 Å². The second kappa shape index (κ2) is 6.20. The first kappa shape index (κ1) is 14.1. The summed E-state index contributed by atoms with van der Waals surface area (Å²) in [5.74, 6) is 0.764. The van der Waals surface area contributed by atoms with E-state index in [1.165, 1.54) is 6.42 Å². The van der Waals surface area contributed by atoms with Crippen LogP contribution in [0.1, 0.15) is 31.4 Å². The SMILES string of the molecule is CC(C)C1CCN(Cc2ccccc2CC(=O)O)C1.